The molecular formula is C16H18N2O3. The molecule has 5 heteroatoms. The Balaban J connectivity index is 1.79. The quantitative estimate of drug-likeness (QED) is 0.817. The van der Waals surface area contributed by atoms with E-state index in [4.69, 9.17) is 15.2 Å². The zero-order valence-electron chi connectivity index (χ0n) is 11.6. The molecule has 0 unspecified atom stereocenters. The molecule has 2 aromatic carbocycles. The van der Waals surface area contributed by atoms with E-state index in [1.54, 1.807) is 36.4 Å². The van der Waals surface area contributed by atoms with Crippen molar-refractivity contribution in [2.75, 3.05) is 25.1 Å². The summed E-state index contributed by atoms with van der Waals surface area (Å²) < 4.78 is 10.7. The smallest absolute Gasteiger partial charge is 0.262 e. The van der Waals surface area contributed by atoms with Crippen molar-refractivity contribution in [1.29, 1.82) is 0 Å². The summed E-state index contributed by atoms with van der Waals surface area (Å²) in [5.41, 5.74) is 6.05. The summed E-state index contributed by atoms with van der Waals surface area (Å²) in [4.78, 5) is 11.8. The fourth-order valence-electron chi connectivity index (χ4n) is 1.67. The van der Waals surface area contributed by atoms with E-state index in [0.29, 0.717) is 24.6 Å². The Morgan fingerprint density at radius 3 is 2.29 bits per heavy atom. The third-order valence-electron chi connectivity index (χ3n) is 2.64. The molecule has 0 bridgehead atoms. The summed E-state index contributed by atoms with van der Waals surface area (Å²) in [5, 5.41) is 2.75. The molecule has 1 amide bonds. The normalized spacial score (nSPS) is 9.95. The van der Waals surface area contributed by atoms with E-state index < -0.39 is 0 Å². The highest BCUT2D eigenvalue weighted by molar-refractivity contribution is 5.91. The topological polar surface area (TPSA) is 73.6 Å². The molecule has 2 rings (SSSR count). The number of hydrogen-bond acceptors (Lipinski definition) is 4. The lowest BCUT2D eigenvalue weighted by molar-refractivity contribution is -0.118. The fraction of sp³-hybridized carbons (Fsp3) is 0.188. The molecule has 0 aliphatic rings. The SMILES string of the molecule is NCCOc1ccc(NC(=O)COc2ccccc2)cc1. The molecule has 0 saturated carbocycles. The van der Waals surface area contributed by atoms with Crippen molar-refractivity contribution in [3.8, 4) is 11.5 Å². The zero-order chi connectivity index (χ0) is 14.9. The predicted molar refractivity (Wildman–Crippen MR) is 81.6 cm³/mol. The second kappa shape index (κ2) is 7.91. The first-order valence-electron chi connectivity index (χ1n) is 6.68. The van der Waals surface area contributed by atoms with Gasteiger partial charge >= 0.3 is 0 Å². The molecule has 0 spiro atoms. The van der Waals surface area contributed by atoms with Gasteiger partial charge in [-0.2, -0.15) is 0 Å². The predicted octanol–water partition coefficient (Wildman–Crippen LogP) is 2.04. The second-order valence-electron chi connectivity index (χ2n) is 4.31. The van der Waals surface area contributed by atoms with Gasteiger partial charge in [-0.05, 0) is 36.4 Å². The van der Waals surface area contributed by atoms with Gasteiger partial charge in [0.2, 0.25) is 0 Å². The number of amides is 1. The lowest BCUT2D eigenvalue weighted by Crippen LogP contribution is -2.20. The molecular weight excluding hydrogens is 268 g/mol. The lowest BCUT2D eigenvalue weighted by Gasteiger charge is -2.08. The summed E-state index contributed by atoms with van der Waals surface area (Å²) in [6.07, 6.45) is 0. The van der Waals surface area contributed by atoms with Gasteiger partial charge in [-0.25, -0.2) is 0 Å². The van der Waals surface area contributed by atoms with Crippen molar-refractivity contribution in [3.63, 3.8) is 0 Å². The molecule has 0 atom stereocenters. The van der Waals surface area contributed by atoms with E-state index in [0.717, 1.165) is 5.75 Å². The molecule has 0 saturated heterocycles. The van der Waals surface area contributed by atoms with Crippen LogP contribution in [-0.4, -0.2) is 25.7 Å². The Morgan fingerprint density at radius 1 is 0.952 bits per heavy atom. The molecule has 0 heterocycles. The Hall–Kier alpha value is -2.53. The minimum atomic E-state index is -0.213. The maximum atomic E-state index is 11.8. The van der Waals surface area contributed by atoms with Gasteiger partial charge in [-0.1, -0.05) is 18.2 Å². The Morgan fingerprint density at radius 2 is 1.62 bits per heavy atom. The number of ether oxygens (including phenoxy) is 2. The number of para-hydroxylation sites is 1. The molecule has 0 aromatic heterocycles. The van der Waals surface area contributed by atoms with Crippen LogP contribution in [0.25, 0.3) is 0 Å². The maximum absolute atomic E-state index is 11.8. The molecule has 0 aliphatic heterocycles. The Kier molecular flexibility index (Phi) is 5.60. The number of nitrogens with two attached hydrogens (primary N) is 1. The van der Waals surface area contributed by atoms with Crippen molar-refractivity contribution >= 4 is 11.6 Å². The fourth-order valence-corrected chi connectivity index (χ4v) is 1.67. The monoisotopic (exact) mass is 286 g/mol. The number of hydrogen-bond donors (Lipinski definition) is 2. The van der Waals surface area contributed by atoms with E-state index in [-0.39, 0.29) is 12.5 Å². The van der Waals surface area contributed by atoms with Gasteiger partial charge in [-0.15, -0.1) is 0 Å². The van der Waals surface area contributed by atoms with E-state index in [1.165, 1.54) is 0 Å². The molecule has 0 aliphatic carbocycles. The van der Waals surface area contributed by atoms with Crippen LogP contribution in [0.4, 0.5) is 5.69 Å². The number of carbonyl (C=O) groups excluding carboxylic acids is 1. The minimum Gasteiger partial charge on any atom is -0.492 e. The number of rotatable bonds is 7. The summed E-state index contributed by atoms with van der Waals surface area (Å²) in [5.74, 6) is 1.17. The first-order valence-corrected chi connectivity index (χ1v) is 6.68. The van der Waals surface area contributed by atoms with Crippen molar-refractivity contribution in [2.45, 2.75) is 0 Å². The lowest BCUT2D eigenvalue weighted by atomic mass is 10.3. The number of anilines is 1. The van der Waals surface area contributed by atoms with Gasteiger partial charge < -0.3 is 20.5 Å². The zero-order valence-corrected chi connectivity index (χ0v) is 11.6. The summed E-state index contributed by atoms with van der Waals surface area (Å²) in [6.45, 7) is 0.904. The van der Waals surface area contributed by atoms with E-state index >= 15 is 0 Å². The van der Waals surface area contributed by atoms with Gasteiger partial charge in [0.05, 0.1) is 0 Å². The highest BCUT2D eigenvalue weighted by Crippen LogP contribution is 2.15. The Bertz CT molecular complexity index is 555. The highest BCUT2D eigenvalue weighted by Gasteiger charge is 2.03. The third kappa shape index (κ3) is 5.16. The second-order valence-corrected chi connectivity index (χ2v) is 4.31. The summed E-state index contributed by atoms with van der Waals surface area (Å²) >= 11 is 0. The van der Waals surface area contributed by atoms with Crippen molar-refractivity contribution in [3.05, 3.63) is 54.6 Å². The van der Waals surface area contributed by atoms with Gasteiger partial charge in [0.15, 0.2) is 6.61 Å². The molecule has 110 valence electrons. The van der Waals surface area contributed by atoms with E-state index in [1.807, 2.05) is 18.2 Å². The highest BCUT2D eigenvalue weighted by atomic mass is 16.5. The summed E-state index contributed by atoms with van der Waals surface area (Å²) in [7, 11) is 0. The Labute approximate surface area is 123 Å². The number of benzene rings is 2. The molecule has 2 aromatic rings. The first kappa shape index (κ1) is 14.9. The average Bonchev–Trinajstić information content (AvgIpc) is 2.53. The minimum absolute atomic E-state index is 0.0323. The maximum Gasteiger partial charge on any atom is 0.262 e. The van der Waals surface area contributed by atoms with Crippen LogP contribution in [0.1, 0.15) is 0 Å². The van der Waals surface area contributed by atoms with Gasteiger partial charge in [-0.3, -0.25) is 4.79 Å². The molecule has 21 heavy (non-hydrogen) atoms. The molecule has 0 radical (unpaired) electrons. The van der Waals surface area contributed by atoms with Crippen LogP contribution in [0.15, 0.2) is 54.6 Å². The van der Waals surface area contributed by atoms with Crippen molar-refractivity contribution < 1.29 is 14.3 Å². The van der Waals surface area contributed by atoms with Crippen LogP contribution >= 0.6 is 0 Å². The molecule has 0 fully saturated rings. The van der Waals surface area contributed by atoms with Crippen LogP contribution in [0.2, 0.25) is 0 Å². The average molecular weight is 286 g/mol. The summed E-state index contributed by atoms with van der Waals surface area (Å²) in [6, 6.07) is 16.3. The first-order chi connectivity index (χ1) is 10.3. The van der Waals surface area contributed by atoms with E-state index in [9.17, 15) is 4.79 Å². The molecule has 3 N–H and O–H groups in total. The third-order valence-corrected chi connectivity index (χ3v) is 2.64. The van der Waals surface area contributed by atoms with Gasteiger partial charge in [0.1, 0.15) is 18.1 Å². The standard InChI is InChI=1S/C16H18N2O3/c17-10-11-20-15-8-6-13(7-9-15)18-16(19)12-21-14-4-2-1-3-5-14/h1-9H,10-12,17H2,(H,18,19). The van der Waals surface area contributed by atoms with Gasteiger partial charge in [0.25, 0.3) is 5.91 Å². The largest absolute Gasteiger partial charge is 0.492 e. The van der Waals surface area contributed by atoms with Crippen molar-refractivity contribution in [2.24, 2.45) is 5.73 Å². The van der Waals surface area contributed by atoms with Gasteiger partial charge in [0, 0.05) is 12.2 Å². The van der Waals surface area contributed by atoms with Crippen LogP contribution in [0, 0.1) is 0 Å². The van der Waals surface area contributed by atoms with E-state index in [2.05, 4.69) is 5.32 Å². The van der Waals surface area contributed by atoms with Crippen LogP contribution < -0.4 is 20.5 Å². The van der Waals surface area contributed by atoms with Crippen LogP contribution in [0.5, 0.6) is 11.5 Å². The van der Waals surface area contributed by atoms with Crippen LogP contribution in [0.3, 0.4) is 0 Å². The molecule has 5 nitrogen and oxygen atoms in total. The number of nitrogens with one attached hydrogen (secondary N) is 1. The van der Waals surface area contributed by atoms with Crippen LogP contribution in [-0.2, 0) is 4.79 Å². The number of carbonyl (C=O) groups is 1. The van der Waals surface area contributed by atoms with Crippen molar-refractivity contribution in [1.82, 2.24) is 0 Å².